The van der Waals surface area contributed by atoms with Crippen molar-refractivity contribution in [1.29, 1.82) is 5.26 Å². The molecule has 2 N–H and O–H groups in total. The highest BCUT2D eigenvalue weighted by Crippen LogP contribution is 2.37. The predicted molar refractivity (Wildman–Crippen MR) is 142 cm³/mol. The molecule has 0 aromatic heterocycles. The van der Waals surface area contributed by atoms with E-state index in [0.29, 0.717) is 37.3 Å². The molecule has 0 unspecified atom stereocenters. The molecule has 3 aromatic carbocycles. The summed E-state index contributed by atoms with van der Waals surface area (Å²) >= 11 is 15.6. The van der Waals surface area contributed by atoms with Crippen LogP contribution in [0.25, 0.3) is 0 Å². The molecule has 0 spiro atoms. The number of anilines is 1. The zero-order valence-corrected chi connectivity index (χ0v) is 21.9. The Bertz CT molecular complexity index is 1340. The number of ether oxygens (including phenoxy) is 2. The highest BCUT2D eigenvalue weighted by Gasteiger charge is 2.14. The lowest BCUT2D eigenvalue weighted by molar-refractivity contribution is -0.136. The van der Waals surface area contributed by atoms with Gasteiger partial charge in [-0.25, -0.2) is 5.43 Å². The van der Waals surface area contributed by atoms with E-state index in [2.05, 4.69) is 31.8 Å². The van der Waals surface area contributed by atoms with E-state index in [9.17, 15) is 9.59 Å². The van der Waals surface area contributed by atoms with Crippen molar-refractivity contribution in [2.45, 2.75) is 13.0 Å². The van der Waals surface area contributed by atoms with Gasteiger partial charge in [0.2, 0.25) is 0 Å². The van der Waals surface area contributed by atoms with Crippen molar-refractivity contribution in [2.24, 2.45) is 5.10 Å². The summed E-state index contributed by atoms with van der Waals surface area (Å²) in [5, 5.41) is 16.0. The Morgan fingerprint density at radius 2 is 1.86 bits per heavy atom. The summed E-state index contributed by atoms with van der Waals surface area (Å²) in [5.74, 6) is -0.966. The monoisotopic (exact) mass is 588 g/mol. The Balaban J connectivity index is 1.60. The molecule has 8 nitrogen and oxygen atoms in total. The van der Waals surface area contributed by atoms with Gasteiger partial charge in [-0.15, -0.1) is 0 Å². The van der Waals surface area contributed by atoms with Crippen LogP contribution in [0.1, 0.15) is 16.7 Å². The van der Waals surface area contributed by atoms with Crippen LogP contribution in [0.2, 0.25) is 10.0 Å². The lowest BCUT2D eigenvalue weighted by Crippen LogP contribution is -2.32. The van der Waals surface area contributed by atoms with Gasteiger partial charge >= 0.3 is 11.8 Å². The van der Waals surface area contributed by atoms with Crippen LogP contribution >= 0.6 is 39.1 Å². The molecule has 2 amide bonds. The van der Waals surface area contributed by atoms with Crippen molar-refractivity contribution >= 4 is 62.8 Å². The van der Waals surface area contributed by atoms with E-state index in [0.717, 1.165) is 11.1 Å². The van der Waals surface area contributed by atoms with Gasteiger partial charge in [0.15, 0.2) is 11.5 Å². The Labute approximate surface area is 225 Å². The second-order valence-electron chi connectivity index (χ2n) is 7.24. The molecule has 3 rings (SSSR count). The maximum absolute atomic E-state index is 12.1. The summed E-state index contributed by atoms with van der Waals surface area (Å²) in [4.78, 5) is 24.2. The highest BCUT2D eigenvalue weighted by atomic mass is 79.9. The first kappa shape index (κ1) is 27.0. The van der Waals surface area contributed by atoms with Crippen molar-refractivity contribution < 1.29 is 19.1 Å². The Hall–Kier alpha value is -3.58. The largest absolute Gasteiger partial charge is 0.493 e. The Morgan fingerprint density at radius 1 is 1.11 bits per heavy atom. The maximum Gasteiger partial charge on any atom is 0.329 e. The second-order valence-corrected chi connectivity index (χ2v) is 8.94. The number of hydrazone groups is 1. The van der Waals surface area contributed by atoms with E-state index >= 15 is 0 Å². The van der Waals surface area contributed by atoms with E-state index in [4.69, 9.17) is 37.9 Å². The topological polar surface area (TPSA) is 113 Å². The molecule has 0 atom stereocenters. The molecule has 184 valence electrons. The van der Waals surface area contributed by atoms with Crippen LogP contribution in [-0.4, -0.2) is 25.1 Å². The minimum atomic E-state index is -0.946. The van der Waals surface area contributed by atoms with Gasteiger partial charge in [0.1, 0.15) is 6.61 Å². The van der Waals surface area contributed by atoms with Crippen LogP contribution in [0.5, 0.6) is 11.5 Å². The summed E-state index contributed by atoms with van der Waals surface area (Å²) in [6.45, 7) is 0.185. The SMILES string of the molecule is COc1cc(C=NNC(=O)C(=O)Nc2ccc(CC#N)cc2)cc(Br)c1OCc1ccc(Cl)cc1Cl. The average molecular weight is 590 g/mol. The van der Waals surface area contributed by atoms with Crippen LogP contribution < -0.4 is 20.2 Å². The van der Waals surface area contributed by atoms with Gasteiger partial charge in [-0.3, -0.25) is 9.59 Å². The molecule has 0 fully saturated rings. The quantitative estimate of drug-likeness (QED) is 0.205. The first-order chi connectivity index (χ1) is 17.3. The summed E-state index contributed by atoms with van der Waals surface area (Å²) in [5.41, 5.74) is 4.72. The molecular formula is C25H19BrCl2N4O4. The third-order valence-corrected chi connectivity index (χ3v) is 5.90. The standard InChI is InChI=1S/C25H19BrCl2N4O4/c1-35-22-11-16(10-20(26)23(22)36-14-17-4-5-18(27)12-21(17)28)13-30-32-25(34)24(33)31-19-6-2-15(3-7-19)8-9-29/h2-7,10-13H,8,14H2,1H3,(H,31,33)(H,32,34). The normalized spacial score (nSPS) is 10.5. The molecule has 11 heteroatoms. The van der Waals surface area contributed by atoms with Crippen molar-refractivity contribution in [3.8, 4) is 17.6 Å². The van der Waals surface area contributed by atoms with E-state index in [1.54, 1.807) is 54.6 Å². The molecule has 3 aromatic rings. The number of carbonyl (C=O) groups excluding carboxylic acids is 2. The van der Waals surface area contributed by atoms with Gasteiger partial charge in [-0.1, -0.05) is 41.4 Å². The third kappa shape index (κ3) is 7.46. The number of nitrogens with zero attached hydrogens (tertiary/aromatic N) is 2. The lowest BCUT2D eigenvalue weighted by Gasteiger charge is -2.14. The van der Waals surface area contributed by atoms with Gasteiger partial charge in [0.05, 0.1) is 30.3 Å². The van der Waals surface area contributed by atoms with Gasteiger partial charge in [0.25, 0.3) is 0 Å². The van der Waals surface area contributed by atoms with Crippen LogP contribution in [0.4, 0.5) is 5.69 Å². The fourth-order valence-electron chi connectivity index (χ4n) is 2.94. The van der Waals surface area contributed by atoms with Gasteiger partial charge in [-0.2, -0.15) is 10.4 Å². The van der Waals surface area contributed by atoms with E-state index in [1.807, 2.05) is 6.07 Å². The van der Waals surface area contributed by atoms with Gasteiger partial charge in [0, 0.05) is 21.3 Å². The molecule has 0 aliphatic heterocycles. The number of methoxy groups -OCH3 is 1. The number of benzene rings is 3. The summed E-state index contributed by atoms with van der Waals surface area (Å²) in [6.07, 6.45) is 1.61. The molecule has 0 heterocycles. The minimum absolute atomic E-state index is 0.185. The van der Waals surface area contributed by atoms with Crippen LogP contribution in [-0.2, 0) is 22.6 Å². The third-order valence-electron chi connectivity index (χ3n) is 4.72. The molecule has 0 aliphatic rings. The Morgan fingerprint density at radius 3 is 2.53 bits per heavy atom. The number of nitrogens with one attached hydrogen (secondary N) is 2. The molecule has 36 heavy (non-hydrogen) atoms. The Kier molecular flexibility index (Phi) is 9.70. The highest BCUT2D eigenvalue weighted by molar-refractivity contribution is 9.10. The first-order valence-corrected chi connectivity index (χ1v) is 11.9. The fourth-order valence-corrected chi connectivity index (χ4v) is 3.98. The van der Waals surface area contributed by atoms with Crippen molar-refractivity contribution in [1.82, 2.24) is 5.43 Å². The lowest BCUT2D eigenvalue weighted by atomic mass is 10.1. The number of nitriles is 1. The summed E-state index contributed by atoms with van der Waals surface area (Å²) in [7, 11) is 1.49. The molecule has 0 saturated heterocycles. The van der Waals surface area contributed by atoms with E-state index < -0.39 is 11.8 Å². The number of amides is 2. The predicted octanol–water partition coefficient (Wildman–Crippen LogP) is 5.50. The molecule has 0 bridgehead atoms. The minimum Gasteiger partial charge on any atom is -0.493 e. The fraction of sp³-hybridized carbons (Fsp3) is 0.120. The molecule has 0 aliphatic carbocycles. The second kappa shape index (κ2) is 12.9. The average Bonchev–Trinajstić information content (AvgIpc) is 2.85. The van der Waals surface area contributed by atoms with Crippen LogP contribution in [0, 0.1) is 11.3 Å². The number of halogens is 3. The van der Waals surface area contributed by atoms with Gasteiger partial charge < -0.3 is 14.8 Å². The van der Waals surface area contributed by atoms with Crippen LogP contribution in [0.15, 0.2) is 64.2 Å². The summed E-state index contributed by atoms with van der Waals surface area (Å²) < 4.78 is 11.9. The molecular weight excluding hydrogens is 571 g/mol. The number of rotatable bonds is 8. The van der Waals surface area contributed by atoms with Crippen LogP contribution in [0.3, 0.4) is 0 Å². The van der Waals surface area contributed by atoms with E-state index in [-0.39, 0.29) is 13.0 Å². The van der Waals surface area contributed by atoms with Gasteiger partial charge in [-0.05, 0) is 63.5 Å². The zero-order chi connectivity index (χ0) is 26.1. The van der Waals surface area contributed by atoms with E-state index in [1.165, 1.54) is 13.3 Å². The molecule has 0 radical (unpaired) electrons. The van der Waals surface area contributed by atoms with Crippen molar-refractivity contribution in [3.05, 3.63) is 85.8 Å². The molecule has 0 saturated carbocycles. The summed E-state index contributed by atoms with van der Waals surface area (Å²) in [6, 6.07) is 17.1. The smallest absolute Gasteiger partial charge is 0.329 e. The first-order valence-electron chi connectivity index (χ1n) is 10.3. The number of hydrogen-bond acceptors (Lipinski definition) is 6. The van der Waals surface area contributed by atoms with Crippen molar-refractivity contribution in [2.75, 3.05) is 12.4 Å². The van der Waals surface area contributed by atoms with Crippen molar-refractivity contribution in [3.63, 3.8) is 0 Å². The number of carbonyl (C=O) groups is 2. The maximum atomic E-state index is 12.1. The number of hydrogen-bond donors (Lipinski definition) is 2. The zero-order valence-electron chi connectivity index (χ0n) is 18.8.